The predicted octanol–water partition coefficient (Wildman–Crippen LogP) is 5.59. The smallest absolute Gasteiger partial charge is 0.237 e. The zero-order valence-corrected chi connectivity index (χ0v) is 23.6. The second kappa shape index (κ2) is 10.2. The number of carbonyl (C=O) groups excluding carboxylic acids is 1. The van der Waals surface area contributed by atoms with E-state index < -0.39 is 5.41 Å². The molecule has 1 aliphatic carbocycles. The first kappa shape index (κ1) is 25.7. The maximum absolute atomic E-state index is 13.4. The van der Waals surface area contributed by atoms with Gasteiger partial charge in [0.05, 0.1) is 35.3 Å². The summed E-state index contributed by atoms with van der Waals surface area (Å²) in [4.78, 5) is 25.6. The van der Waals surface area contributed by atoms with Crippen LogP contribution in [0.1, 0.15) is 29.5 Å². The number of hydrogen-bond acceptors (Lipinski definition) is 7. The van der Waals surface area contributed by atoms with Gasteiger partial charge >= 0.3 is 0 Å². The third kappa shape index (κ3) is 5.21. The Bertz CT molecular complexity index is 1510. The van der Waals surface area contributed by atoms with E-state index in [-0.39, 0.29) is 12.0 Å². The summed E-state index contributed by atoms with van der Waals surface area (Å²) >= 11 is 7.45. The van der Waals surface area contributed by atoms with E-state index in [9.17, 15) is 4.79 Å². The Morgan fingerprint density at radius 3 is 2.46 bits per heavy atom. The van der Waals surface area contributed by atoms with Crippen LogP contribution in [0.4, 0.5) is 5.95 Å². The molecule has 2 aromatic carbocycles. The molecule has 2 aliphatic rings. The molecule has 10 heteroatoms. The third-order valence-corrected chi connectivity index (χ3v) is 8.34. The lowest BCUT2D eigenvalue weighted by Gasteiger charge is -2.40. The van der Waals surface area contributed by atoms with E-state index in [1.54, 1.807) is 10.9 Å². The summed E-state index contributed by atoms with van der Waals surface area (Å²) in [6.45, 7) is 5.22. The van der Waals surface area contributed by atoms with Crippen molar-refractivity contribution in [2.24, 2.45) is 7.05 Å². The van der Waals surface area contributed by atoms with E-state index in [1.807, 2.05) is 54.5 Å². The predicted molar refractivity (Wildman–Crippen MR) is 153 cm³/mol. The van der Waals surface area contributed by atoms with Crippen LogP contribution in [0.15, 0.2) is 65.8 Å². The Kier molecular flexibility index (Phi) is 6.72. The van der Waals surface area contributed by atoms with E-state index in [4.69, 9.17) is 21.3 Å². The van der Waals surface area contributed by atoms with Gasteiger partial charge in [-0.1, -0.05) is 41.9 Å². The van der Waals surface area contributed by atoms with Gasteiger partial charge in [0, 0.05) is 29.9 Å². The normalized spacial score (nSPS) is 16.1. The number of hydrogen-bond donors (Lipinski definition) is 1. The molecular formula is C29H29ClN6O2S. The van der Waals surface area contributed by atoms with Crippen LogP contribution in [-0.2, 0) is 17.3 Å². The minimum atomic E-state index is -0.416. The summed E-state index contributed by atoms with van der Waals surface area (Å²) in [6.07, 6.45) is 5.30. The van der Waals surface area contributed by atoms with Crippen molar-refractivity contribution in [1.29, 1.82) is 0 Å². The molecule has 8 nitrogen and oxygen atoms in total. The molecule has 6 rings (SSSR count). The highest BCUT2D eigenvalue weighted by molar-refractivity contribution is 8.00. The van der Waals surface area contributed by atoms with Crippen molar-refractivity contribution >= 4 is 35.4 Å². The number of likely N-dealkylation sites (tertiary alicyclic amines) is 1. The number of aromatic nitrogens is 4. The maximum Gasteiger partial charge on any atom is 0.237 e. The topological polar surface area (TPSA) is 85.2 Å². The monoisotopic (exact) mass is 560 g/mol. The van der Waals surface area contributed by atoms with Crippen molar-refractivity contribution in [3.05, 3.63) is 82.6 Å². The lowest BCUT2D eigenvalue weighted by Crippen LogP contribution is -2.58. The van der Waals surface area contributed by atoms with Crippen LogP contribution < -0.4 is 9.46 Å². The van der Waals surface area contributed by atoms with Crippen molar-refractivity contribution in [3.8, 4) is 17.1 Å². The van der Waals surface area contributed by atoms with Gasteiger partial charge in [-0.05, 0) is 67.5 Å². The molecule has 39 heavy (non-hydrogen) atoms. The summed E-state index contributed by atoms with van der Waals surface area (Å²) in [5.74, 6) is 1.10. The number of nitrogens with one attached hydrogen (secondary N) is 1. The zero-order valence-electron chi connectivity index (χ0n) is 22.0. The fraction of sp³-hybridized carbons (Fsp3) is 0.310. The molecule has 2 aromatic heterocycles. The molecule has 0 unspecified atom stereocenters. The first-order valence-corrected chi connectivity index (χ1v) is 14.1. The molecule has 3 heterocycles. The van der Waals surface area contributed by atoms with Crippen LogP contribution in [0.3, 0.4) is 0 Å². The second-order valence-electron chi connectivity index (χ2n) is 10.3. The van der Waals surface area contributed by atoms with Gasteiger partial charge in [0.1, 0.15) is 6.10 Å². The van der Waals surface area contributed by atoms with Gasteiger partial charge in [-0.3, -0.25) is 14.2 Å². The average molecular weight is 561 g/mol. The van der Waals surface area contributed by atoms with Crippen LogP contribution in [0.5, 0.6) is 5.88 Å². The molecule has 2 fully saturated rings. The van der Waals surface area contributed by atoms with Crippen molar-refractivity contribution in [3.63, 3.8) is 0 Å². The highest BCUT2D eigenvalue weighted by atomic mass is 35.5. The standard InChI is InChI=1S/C29H29ClN6O2S/c1-18-5-4-6-19(2)26(18)24-13-25(33-28(32-24)34-39-23-14-31-35(3)17-23)38-22-15-36(16-22)27(37)29(11-12-29)20-7-9-21(30)10-8-20/h4-10,13-14,17,22H,11-12,15-16H2,1-3H3,(H,32,33,34). The van der Waals surface area contributed by atoms with Gasteiger partial charge in [-0.2, -0.15) is 10.1 Å². The Labute approximate surface area is 236 Å². The number of benzene rings is 2. The maximum atomic E-state index is 13.4. The summed E-state index contributed by atoms with van der Waals surface area (Å²) < 4.78 is 11.3. The Morgan fingerprint density at radius 2 is 1.82 bits per heavy atom. The Morgan fingerprint density at radius 1 is 1.10 bits per heavy atom. The molecule has 1 saturated carbocycles. The van der Waals surface area contributed by atoms with E-state index in [2.05, 4.69) is 40.8 Å². The minimum absolute atomic E-state index is 0.130. The lowest BCUT2D eigenvalue weighted by atomic mass is 9.93. The van der Waals surface area contributed by atoms with E-state index >= 15 is 0 Å². The molecule has 0 radical (unpaired) electrons. The molecule has 0 bridgehead atoms. The SMILES string of the molecule is Cc1cccc(C)c1-c1cc(OC2CN(C(=O)C3(c4ccc(Cl)cc4)CC3)C2)nc(NSc2cnn(C)c2)n1. The fourth-order valence-corrected chi connectivity index (χ4v) is 5.84. The highest BCUT2D eigenvalue weighted by Gasteiger charge is 2.55. The molecule has 0 spiro atoms. The summed E-state index contributed by atoms with van der Waals surface area (Å²) in [5, 5.41) is 4.89. The Hall–Kier alpha value is -3.56. The summed E-state index contributed by atoms with van der Waals surface area (Å²) in [7, 11) is 1.88. The molecule has 0 atom stereocenters. The fourth-order valence-electron chi connectivity index (χ4n) is 5.11. The zero-order chi connectivity index (χ0) is 27.1. The first-order valence-electron chi connectivity index (χ1n) is 12.9. The summed E-state index contributed by atoms with van der Waals surface area (Å²) in [6, 6.07) is 15.7. The van der Waals surface area contributed by atoms with Crippen molar-refractivity contribution in [2.75, 3.05) is 17.8 Å². The van der Waals surface area contributed by atoms with Crippen LogP contribution in [0.2, 0.25) is 5.02 Å². The first-order chi connectivity index (χ1) is 18.8. The number of aryl methyl sites for hydroxylation is 3. The largest absolute Gasteiger partial charge is 0.470 e. The molecule has 1 amide bonds. The molecular weight excluding hydrogens is 532 g/mol. The quantitative estimate of drug-likeness (QED) is 0.281. The van der Waals surface area contributed by atoms with Crippen LogP contribution >= 0.6 is 23.5 Å². The van der Waals surface area contributed by atoms with Crippen LogP contribution in [0.25, 0.3) is 11.3 Å². The van der Waals surface area contributed by atoms with Gasteiger partial charge in [0.25, 0.3) is 0 Å². The average Bonchev–Trinajstić information content (AvgIpc) is 3.59. The molecule has 4 aromatic rings. The van der Waals surface area contributed by atoms with Gasteiger partial charge in [-0.25, -0.2) is 4.98 Å². The van der Waals surface area contributed by atoms with Crippen molar-refractivity contribution < 1.29 is 9.53 Å². The van der Waals surface area contributed by atoms with E-state index in [0.717, 1.165) is 45.7 Å². The lowest BCUT2D eigenvalue weighted by molar-refractivity contribution is -0.143. The number of anilines is 1. The van der Waals surface area contributed by atoms with Gasteiger partial charge in [-0.15, -0.1) is 0 Å². The number of ether oxygens (including phenoxy) is 1. The van der Waals surface area contributed by atoms with Crippen molar-refractivity contribution in [2.45, 2.75) is 43.1 Å². The van der Waals surface area contributed by atoms with Crippen molar-refractivity contribution in [1.82, 2.24) is 24.6 Å². The number of nitrogens with zero attached hydrogens (tertiary/aromatic N) is 5. The summed E-state index contributed by atoms with van der Waals surface area (Å²) in [5.41, 5.74) is 4.73. The highest BCUT2D eigenvalue weighted by Crippen LogP contribution is 2.50. The number of rotatable bonds is 8. The van der Waals surface area contributed by atoms with E-state index in [1.165, 1.54) is 11.9 Å². The number of carbonyl (C=O) groups is 1. The van der Waals surface area contributed by atoms with Crippen LogP contribution in [-0.4, -0.2) is 49.7 Å². The van der Waals surface area contributed by atoms with Gasteiger partial charge < -0.3 is 9.64 Å². The molecule has 1 aliphatic heterocycles. The van der Waals surface area contributed by atoms with Crippen LogP contribution in [0, 0.1) is 13.8 Å². The molecule has 200 valence electrons. The third-order valence-electron chi connectivity index (χ3n) is 7.36. The van der Waals surface area contributed by atoms with E-state index in [0.29, 0.717) is 29.9 Å². The number of amides is 1. The molecule has 1 saturated heterocycles. The van der Waals surface area contributed by atoms with Gasteiger partial charge in [0.15, 0.2) is 0 Å². The number of halogens is 1. The second-order valence-corrected chi connectivity index (χ2v) is 11.6. The molecule has 1 N–H and O–H groups in total. The Balaban J connectivity index is 1.18. The minimum Gasteiger partial charge on any atom is -0.470 e. The van der Waals surface area contributed by atoms with Gasteiger partial charge in [0.2, 0.25) is 17.7 Å².